The highest BCUT2D eigenvalue weighted by Crippen LogP contribution is 2.28. The first-order chi connectivity index (χ1) is 13.2. The van der Waals surface area contributed by atoms with E-state index in [2.05, 4.69) is 36.5 Å². The van der Waals surface area contributed by atoms with Crippen molar-refractivity contribution < 1.29 is 0 Å². The van der Waals surface area contributed by atoms with E-state index in [1.54, 1.807) is 17.4 Å². The smallest absolute Gasteiger partial charge is 0.259 e. The van der Waals surface area contributed by atoms with E-state index in [4.69, 9.17) is 4.98 Å². The Morgan fingerprint density at radius 3 is 2.78 bits per heavy atom. The van der Waals surface area contributed by atoms with E-state index < -0.39 is 0 Å². The third-order valence-corrected chi connectivity index (χ3v) is 6.45. The molecule has 0 atom stereocenters. The van der Waals surface area contributed by atoms with Crippen LogP contribution < -0.4 is 10.9 Å². The minimum atomic E-state index is 0.0578. The second kappa shape index (κ2) is 8.26. The molecule has 4 rings (SSSR count). The lowest BCUT2D eigenvalue weighted by molar-refractivity contribution is 0.670. The average molecular weight is 382 g/mol. The van der Waals surface area contributed by atoms with Crippen molar-refractivity contribution in [3.05, 3.63) is 62.5 Å². The molecule has 1 N–H and O–H groups in total. The molecule has 0 fully saturated rings. The van der Waals surface area contributed by atoms with Crippen molar-refractivity contribution >= 4 is 22.0 Å². The van der Waals surface area contributed by atoms with Crippen molar-refractivity contribution in [2.24, 2.45) is 0 Å². The van der Waals surface area contributed by atoms with Crippen LogP contribution in [-0.2, 0) is 25.8 Å². The van der Waals surface area contributed by atoms with E-state index in [1.807, 2.05) is 4.40 Å². The van der Waals surface area contributed by atoms with Crippen LogP contribution >= 0.6 is 11.3 Å². The van der Waals surface area contributed by atoms with Crippen molar-refractivity contribution in [3.8, 4) is 0 Å². The summed E-state index contributed by atoms with van der Waals surface area (Å²) >= 11 is 1.69. The molecule has 3 aromatic rings. The van der Waals surface area contributed by atoms with Crippen LogP contribution in [0.15, 0.2) is 35.1 Å². The minimum absolute atomic E-state index is 0.0578. The molecule has 0 radical (unpaired) electrons. The molecule has 0 amide bonds. The summed E-state index contributed by atoms with van der Waals surface area (Å²) in [5, 5.41) is 3.40. The number of fused-ring (bicyclic) bond motifs is 3. The Labute approximate surface area is 164 Å². The van der Waals surface area contributed by atoms with Crippen LogP contribution in [0.25, 0.3) is 4.96 Å². The van der Waals surface area contributed by atoms with Crippen molar-refractivity contribution in [2.75, 3.05) is 5.32 Å². The summed E-state index contributed by atoms with van der Waals surface area (Å²) < 4.78 is 1.83. The van der Waals surface area contributed by atoms with Gasteiger partial charge in [0.1, 0.15) is 0 Å². The van der Waals surface area contributed by atoms with Gasteiger partial charge in [0.25, 0.3) is 5.56 Å². The summed E-state index contributed by atoms with van der Waals surface area (Å²) in [5.74, 6) is 0. The van der Waals surface area contributed by atoms with E-state index in [1.165, 1.54) is 48.2 Å². The van der Waals surface area contributed by atoms with Crippen LogP contribution in [0, 0.1) is 0 Å². The van der Waals surface area contributed by atoms with Gasteiger partial charge in [-0.25, -0.2) is 4.98 Å². The van der Waals surface area contributed by atoms with E-state index in [0.29, 0.717) is 6.54 Å². The van der Waals surface area contributed by atoms with Gasteiger partial charge in [0.2, 0.25) is 0 Å². The SMILES string of the molecule is CCCCCc1ccc(NCc2cc(=O)n3c4c(sc3n2)CCCC4)cc1. The standard InChI is InChI=1S/C22H27N3OS/c1-2-3-4-7-16-10-12-17(13-11-16)23-15-18-14-21(26)25-19-8-5-6-9-20(19)27-22(25)24-18/h10-14,23H,2-9,15H2,1H3. The fourth-order valence-electron chi connectivity index (χ4n) is 3.79. The largest absolute Gasteiger partial charge is 0.379 e. The summed E-state index contributed by atoms with van der Waals surface area (Å²) in [4.78, 5) is 19.5. The van der Waals surface area contributed by atoms with Crippen LogP contribution in [0.3, 0.4) is 0 Å². The second-order valence-electron chi connectivity index (χ2n) is 7.39. The van der Waals surface area contributed by atoms with Gasteiger partial charge >= 0.3 is 0 Å². The van der Waals surface area contributed by atoms with E-state index in [-0.39, 0.29) is 5.56 Å². The first-order valence-electron chi connectivity index (χ1n) is 10.1. The zero-order chi connectivity index (χ0) is 18.6. The van der Waals surface area contributed by atoms with Crippen LogP contribution in [-0.4, -0.2) is 9.38 Å². The van der Waals surface area contributed by atoms with E-state index in [9.17, 15) is 4.79 Å². The summed E-state index contributed by atoms with van der Waals surface area (Å²) in [6, 6.07) is 10.3. The van der Waals surface area contributed by atoms with Gasteiger partial charge in [-0.1, -0.05) is 31.9 Å². The fourth-order valence-corrected chi connectivity index (χ4v) is 5.03. The molecule has 0 bridgehead atoms. The van der Waals surface area contributed by atoms with Crippen LogP contribution in [0.5, 0.6) is 0 Å². The molecule has 142 valence electrons. The van der Waals surface area contributed by atoms with Crippen molar-refractivity contribution in [2.45, 2.75) is 64.8 Å². The number of aromatic nitrogens is 2. The molecule has 2 aromatic heterocycles. The Balaban J connectivity index is 1.45. The monoisotopic (exact) mass is 381 g/mol. The van der Waals surface area contributed by atoms with Crippen LogP contribution in [0.1, 0.15) is 60.9 Å². The van der Waals surface area contributed by atoms with Gasteiger partial charge in [-0.15, -0.1) is 11.3 Å². The summed E-state index contributed by atoms with van der Waals surface area (Å²) in [5.41, 5.74) is 4.52. The molecule has 2 heterocycles. The van der Waals surface area contributed by atoms with Crippen LogP contribution in [0.4, 0.5) is 5.69 Å². The van der Waals surface area contributed by atoms with Gasteiger partial charge in [0.15, 0.2) is 4.96 Å². The number of nitrogens with one attached hydrogen (secondary N) is 1. The van der Waals surface area contributed by atoms with E-state index >= 15 is 0 Å². The zero-order valence-electron chi connectivity index (χ0n) is 16.0. The number of rotatable bonds is 7. The highest BCUT2D eigenvalue weighted by atomic mass is 32.1. The van der Waals surface area contributed by atoms with Crippen molar-refractivity contribution in [1.29, 1.82) is 0 Å². The van der Waals surface area contributed by atoms with Gasteiger partial charge in [0.05, 0.1) is 12.2 Å². The lowest BCUT2D eigenvalue weighted by atomic mass is 10.0. The highest BCUT2D eigenvalue weighted by Gasteiger charge is 2.18. The second-order valence-corrected chi connectivity index (χ2v) is 8.45. The van der Waals surface area contributed by atoms with Crippen molar-refractivity contribution in [3.63, 3.8) is 0 Å². The summed E-state index contributed by atoms with van der Waals surface area (Å²) in [7, 11) is 0. The maximum atomic E-state index is 12.6. The Hall–Kier alpha value is -2.14. The summed E-state index contributed by atoms with van der Waals surface area (Å²) in [6.45, 7) is 2.80. The summed E-state index contributed by atoms with van der Waals surface area (Å²) in [6.07, 6.45) is 9.41. The number of aryl methyl sites for hydroxylation is 3. The quantitative estimate of drug-likeness (QED) is 0.587. The normalized spacial score (nSPS) is 13.7. The van der Waals surface area contributed by atoms with Gasteiger partial charge in [-0.3, -0.25) is 9.20 Å². The molecule has 0 aliphatic heterocycles. The molecule has 27 heavy (non-hydrogen) atoms. The van der Waals surface area contributed by atoms with Gasteiger partial charge in [-0.05, 0) is 56.2 Å². The lowest BCUT2D eigenvalue weighted by Crippen LogP contribution is -2.18. The number of thiazole rings is 1. The van der Waals surface area contributed by atoms with Gasteiger partial charge in [-0.2, -0.15) is 0 Å². The molecule has 5 heteroatoms. The third kappa shape index (κ3) is 4.08. The lowest BCUT2D eigenvalue weighted by Gasteiger charge is -2.10. The minimum Gasteiger partial charge on any atom is -0.379 e. The first kappa shape index (κ1) is 18.2. The molecule has 0 saturated heterocycles. The number of hydrogen-bond donors (Lipinski definition) is 1. The Morgan fingerprint density at radius 1 is 1.15 bits per heavy atom. The first-order valence-corrected chi connectivity index (χ1v) is 10.9. The molecule has 1 aliphatic carbocycles. The molecule has 0 spiro atoms. The highest BCUT2D eigenvalue weighted by molar-refractivity contribution is 7.17. The fraction of sp³-hybridized carbons (Fsp3) is 0.455. The number of nitrogens with zero attached hydrogens (tertiary/aromatic N) is 2. The van der Waals surface area contributed by atoms with Gasteiger partial charge < -0.3 is 5.32 Å². The Kier molecular flexibility index (Phi) is 5.58. The van der Waals surface area contributed by atoms with Crippen molar-refractivity contribution in [1.82, 2.24) is 9.38 Å². The zero-order valence-corrected chi connectivity index (χ0v) is 16.8. The predicted molar refractivity (Wildman–Crippen MR) is 113 cm³/mol. The average Bonchev–Trinajstić information content (AvgIpc) is 3.06. The number of hydrogen-bond acceptors (Lipinski definition) is 4. The van der Waals surface area contributed by atoms with Gasteiger partial charge in [0, 0.05) is 22.3 Å². The number of benzene rings is 1. The Bertz CT molecular complexity index is 972. The molecule has 1 aromatic carbocycles. The number of anilines is 1. The molecule has 0 unspecified atom stereocenters. The van der Waals surface area contributed by atoms with Crippen LogP contribution in [0.2, 0.25) is 0 Å². The topological polar surface area (TPSA) is 46.4 Å². The third-order valence-electron chi connectivity index (χ3n) is 5.31. The molecule has 4 nitrogen and oxygen atoms in total. The van der Waals surface area contributed by atoms with E-state index in [0.717, 1.165) is 35.6 Å². The Morgan fingerprint density at radius 2 is 1.96 bits per heavy atom. The number of unbranched alkanes of at least 4 members (excludes halogenated alkanes) is 2. The molecule has 1 aliphatic rings. The maximum Gasteiger partial charge on any atom is 0.259 e. The molecular formula is C22H27N3OS. The molecule has 0 saturated carbocycles. The molecular weight excluding hydrogens is 354 g/mol. The maximum absolute atomic E-state index is 12.6. The predicted octanol–water partition coefficient (Wildman–Crippen LogP) is 4.98.